The fourth-order valence-electron chi connectivity index (χ4n) is 2.60. The molecule has 0 aromatic rings. The van der Waals surface area contributed by atoms with Gasteiger partial charge in [0.2, 0.25) is 0 Å². The molecule has 0 radical (unpaired) electrons. The van der Waals surface area contributed by atoms with E-state index >= 15 is 0 Å². The minimum Gasteiger partial charge on any atom is -1.00 e. The van der Waals surface area contributed by atoms with Crippen LogP contribution in [0.2, 0.25) is 13.1 Å². The van der Waals surface area contributed by atoms with Gasteiger partial charge in [0.25, 0.3) is 0 Å². The molecule has 0 heterocycles. The number of rotatable bonds is 3. The molecular formula is C12H23Li2NOSi. The van der Waals surface area contributed by atoms with E-state index in [2.05, 4.69) is 45.8 Å². The van der Waals surface area contributed by atoms with Crippen LogP contribution in [-0.2, 0) is 4.79 Å². The Morgan fingerprint density at radius 3 is 1.94 bits per heavy atom. The van der Waals surface area contributed by atoms with E-state index in [4.69, 9.17) is 0 Å². The van der Waals surface area contributed by atoms with Crippen LogP contribution in [-0.4, -0.2) is 14.6 Å². The topological polar surface area (TPSA) is 29.1 Å². The van der Waals surface area contributed by atoms with Crippen molar-refractivity contribution in [2.75, 3.05) is 0 Å². The van der Waals surface area contributed by atoms with Crippen LogP contribution < -0.4 is 42.7 Å². The molecule has 1 aliphatic carbocycles. The summed E-state index contributed by atoms with van der Waals surface area (Å²) in [5.41, 5.74) is 4.26. The fraction of sp³-hybridized carbons (Fsp3) is 0.583. The Morgan fingerprint density at radius 2 is 1.65 bits per heavy atom. The first-order chi connectivity index (χ1) is 6.83. The van der Waals surface area contributed by atoms with Gasteiger partial charge in [-0.05, 0) is 45.4 Å². The Labute approximate surface area is 133 Å². The third-order valence-electron chi connectivity index (χ3n) is 3.73. The van der Waals surface area contributed by atoms with E-state index in [-0.39, 0.29) is 40.6 Å². The van der Waals surface area contributed by atoms with Gasteiger partial charge in [-0.1, -0.05) is 23.3 Å². The van der Waals surface area contributed by atoms with Gasteiger partial charge >= 0.3 is 37.7 Å². The van der Waals surface area contributed by atoms with Crippen molar-refractivity contribution in [2.45, 2.75) is 40.8 Å². The van der Waals surface area contributed by atoms with Crippen LogP contribution >= 0.6 is 0 Å². The van der Waals surface area contributed by atoms with E-state index < -0.39 is 8.24 Å². The predicted octanol–water partition coefficient (Wildman–Crippen LogP) is -2.99. The molecule has 1 aliphatic rings. The minimum absolute atomic E-state index is 0. The third-order valence-corrected chi connectivity index (χ3v) is 6.73. The Kier molecular flexibility index (Phi) is 8.20. The molecule has 0 bridgehead atoms. The normalized spacial score (nSPS) is 19.8. The van der Waals surface area contributed by atoms with E-state index in [9.17, 15) is 4.79 Å². The Morgan fingerprint density at radius 1 is 1.18 bits per heavy atom. The van der Waals surface area contributed by atoms with Crippen molar-refractivity contribution in [3.8, 4) is 0 Å². The number of nitrogens with one attached hydrogen (secondary N) is 1. The van der Waals surface area contributed by atoms with Crippen molar-refractivity contribution in [2.24, 2.45) is 5.92 Å². The number of carbonyl (C=O) groups excluding carboxylic acids is 1. The summed E-state index contributed by atoms with van der Waals surface area (Å²) in [4.78, 5) is 13.7. The van der Waals surface area contributed by atoms with Crippen molar-refractivity contribution in [3.05, 3.63) is 21.9 Å². The monoisotopic (exact) mass is 239 g/mol. The van der Waals surface area contributed by atoms with Gasteiger partial charge in [0, 0.05) is 0 Å². The van der Waals surface area contributed by atoms with Crippen molar-refractivity contribution >= 4 is 14.6 Å². The summed E-state index contributed by atoms with van der Waals surface area (Å²) in [5.74, 6) is 0.499. The average molecular weight is 239 g/mol. The molecule has 5 heteroatoms. The van der Waals surface area contributed by atoms with Crippen LogP contribution in [0.5, 0.6) is 0 Å². The Balaban J connectivity index is -0.000000281. The molecule has 1 amide bonds. The second-order valence-electron chi connectivity index (χ2n) is 4.96. The second kappa shape index (κ2) is 7.07. The molecule has 0 aromatic heterocycles. The molecular weight excluding hydrogens is 216 g/mol. The van der Waals surface area contributed by atoms with Gasteiger partial charge in [0.1, 0.15) is 0 Å². The fourth-order valence-corrected chi connectivity index (χ4v) is 5.47. The van der Waals surface area contributed by atoms with E-state index in [0.29, 0.717) is 5.92 Å². The van der Waals surface area contributed by atoms with Gasteiger partial charge < -0.3 is 7.84 Å². The second-order valence-corrected chi connectivity index (χ2v) is 9.03. The molecule has 0 aliphatic heterocycles. The van der Waals surface area contributed by atoms with Gasteiger partial charge in [-0.3, -0.25) is 4.79 Å². The molecule has 88 valence electrons. The molecule has 17 heavy (non-hydrogen) atoms. The van der Waals surface area contributed by atoms with E-state index in [1.807, 2.05) is 0 Å². The molecule has 0 fully saturated rings. The van der Waals surface area contributed by atoms with Gasteiger partial charge in [0.05, 0.1) is 0 Å². The zero-order chi connectivity index (χ0) is 11.8. The largest absolute Gasteiger partial charge is 1.00 e. The van der Waals surface area contributed by atoms with Crippen LogP contribution in [0.25, 0.3) is 0 Å². The van der Waals surface area contributed by atoms with E-state index in [0.717, 1.165) is 6.41 Å². The van der Waals surface area contributed by atoms with E-state index in [1.54, 1.807) is 0 Å². The molecule has 2 nitrogen and oxygen atoms in total. The first-order valence-electron chi connectivity index (χ1n) is 5.43. The standard InChI is InChI=1S/C12H21NOSi.2Li.2H/c1-8-9(2)11(4)12(10(8)3)15(5,6)13-7-14;;;;/h7,10H,1-6H3,(H,13,14);;;;/q;2*+1;2*-1. The summed E-state index contributed by atoms with van der Waals surface area (Å²) in [6.45, 7) is 13.2. The quantitative estimate of drug-likeness (QED) is 0.413. The van der Waals surface area contributed by atoms with Gasteiger partial charge in [-0.15, -0.1) is 0 Å². The summed E-state index contributed by atoms with van der Waals surface area (Å²) in [5, 5.41) is 1.48. The average Bonchev–Trinajstić information content (AvgIpc) is 2.31. The molecule has 1 atom stereocenters. The SMILES string of the molecule is CC1=C(C)C(C)C([Si](C)(C)NC=O)=C1C.[H-].[H-].[Li+].[Li+]. The van der Waals surface area contributed by atoms with Crippen molar-refractivity contribution in [1.29, 1.82) is 0 Å². The van der Waals surface area contributed by atoms with Crippen LogP contribution in [0.15, 0.2) is 21.9 Å². The van der Waals surface area contributed by atoms with Gasteiger partial charge in [-0.25, -0.2) is 0 Å². The van der Waals surface area contributed by atoms with Crippen LogP contribution in [0.4, 0.5) is 0 Å². The summed E-state index contributed by atoms with van der Waals surface area (Å²) in [6, 6.07) is 0. The third kappa shape index (κ3) is 3.66. The van der Waals surface area contributed by atoms with Gasteiger partial charge in [-0.2, -0.15) is 0 Å². The molecule has 0 saturated carbocycles. The smallest absolute Gasteiger partial charge is 1.00 e. The van der Waals surface area contributed by atoms with Crippen molar-refractivity contribution < 1.29 is 45.4 Å². The predicted molar refractivity (Wildman–Crippen MR) is 69.1 cm³/mol. The maximum absolute atomic E-state index is 10.6. The number of amides is 1. The maximum atomic E-state index is 10.6. The molecule has 0 saturated heterocycles. The van der Waals surface area contributed by atoms with E-state index in [1.165, 1.54) is 21.9 Å². The Hall–Kier alpha value is 0.362. The minimum atomic E-state index is -1.76. The number of hydrogen-bond acceptors (Lipinski definition) is 1. The molecule has 1 rings (SSSR count). The first-order valence-corrected chi connectivity index (χ1v) is 8.43. The molecule has 0 spiro atoms. The van der Waals surface area contributed by atoms with Crippen LogP contribution in [0.1, 0.15) is 30.5 Å². The first kappa shape index (κ1) is 19.7. The summed E-state index contributed by atoms with van der Waals surface area (Å²) in [6.07, 6.45) is 0.849. The summed E-state index contributed by atoms with van der Waals surface area (Å²) in [7, 11) is -1.76. The van der Waals surface area contributed by atoms with Crippen LogP contribution in [0.3, 0.4) is 0 Å². The summed E-state index contributed by atoms with van der Waals surface area (Å²) >= 11 is 0. The number of carbonyl (C=O) groups is 1. The number of allylic oxidation sites excluding steroid dienone is 4. The Bertz CT molecular complexity index is 371. The van der Waals surface area contributed by atoms with Crippen LogP contribution in [0, 0.1) is 5.92 Å². The maximum Gasteiger partial charge on any atom is 1.00 e. The summed E-state index contributed by atoms with van der Waals surface area (Å²) < 4.78 is 0. The molecule has 1 N–H and O–H groups in total. The zero-order valence-corrected chi connectivity index (χ0v) is 13.6. The zero-order valence-electron chi connectivity index (χ0n) is 14.6. The molecule has 0 aromatic carbocycles. The van der Waals surface area contributed by atoms with Gasteiger partial charge in [0.15, 0.2) is 14.6 Å². The molecule has 1 unspecified atom stereocenters. The number of hydrogen-bond donors (Lipinski definition) is 1. The van der Waals surface area contributed by atoms with Crippen molar-refractivity contribution in [1.82, 2.24) is 4.98 Å². The van der Waals surface area contributed by atoms with Crippen molar-refractivity contribution in [3.63, 3.8) is 0 Å².